The van der Waals surface area contributed by atoms with E-state index >= 15 is 0 Å². The average Bonchev–Trinajstić information content (AvgIpc) is 2.72. The number of rotatable bonds is 1. The highest BCUT2D eigenvalue weighted by Gasteiger charge is 2.15. The number of benzene rings is 1. The zero-order valence-electron chi connectivity index (χ0n) is 10.1. The predicted molar refractivity (Wildman–Crippen MR) is 68.3 cm³/mol. The van der Waals surface area contributed by atoms with Crippen molar-refractivity contribution in [3.63, 3.8) is 0 Å². The van der Waals surface area contributed by atoms with E-state index in [0.29, 0.717) is 11.4 Å². The molecule has 0 unspecified atom stereocenters. The molecular weight excluding hydrogens is 250 g/mol. The predicted octanol–water partition coefficient (Wildman–Crippen LogP) is 2.50. The minimum Gasteiger partial charge on any atom is -0.398 e. The van der Waals surface area contributed by atoms with E-state index in [1.807, 2.05) is 0 Å². The Morgan fingerprint density at radius 2 is 1.95 bits per heavy atom. The maximum atomic E-state index is 13.4. The molecule has 0 bridgehead atoms. The van der Waals surface area contributed by atoms with E-state index in [4.69, 9.17) is 5.73 Å². The van der Waals surface area contributed by atoms with Crippen LogP contribution in [0, 0.1) is 11.6 Å². The second-order valence-corrected chi connectivity index (χ2v) is 4.21. The van der Waals surface area contributed by atoms with Gasteiger partial charge in [0.1, 0.15) is 5.82 Å². The molecule has 96 valence electrons. The van der Waals surface area contributed by atoms with Gasteiger partial charge in [-0.25, -0.2) is 13.8 Å². The van der Waals surface area contributed by atoms with Crippen LogP contribution in [0.1, 0.15) is 0 Å². The van der Waals surface area contributed by atoms with Gasteiger partial charge in [-0.2, -0.15) is 0 Å². The average molecular weight is 260 g/mol. The van der Waals surface area contributed by atoms with Crippen LogP contribution in [-0.2, 0) is 7.05 Å². The smallest absolute Gasteiger partial charge is 0.160 e. The van der Waals surface area contributed by atoms with Crippen LogP contribution in [0.2, 0.25) is 0 Å². The molecule has 0 aliphatic heterocycles. The summed E-state index contributed by atoms with van der Waals surface area (Å²) in [6.45, 7) is 0. The van der Waals surface area contributed by atoms with E-state index in [1.165, 1.54) is 0 Å². The highest BCUT2D eigenvalue weighted by Crippen LogP contribution is 2.29. The van der Waals surface area contributed by atoms with Gasteiger partial charge in [-0.05, 0) is 12.1 Å². The highest BCUT2D eigenvalue weighted by molar-refractivity contribution is 5.82. The number of nitrogens with zero attached hydrogens (tertiary/aromatic N) is 3. The van der Waals surface area contributed by atoms with Crippen LogP contribution < -0.4 is 5.73 Å². The van der Waals surface area contributed by atoms with Gasteiger partial charge in [0.2, 0.25) is 0 Å². The summed E-state index contributed by atoms with van der Waals surface area (Å²) >= 11 is 0. The van der Waals surface area contributed by atoms with E-state index in [9.17, 15) is 8.78 Å². The van der Waals surface area contributed by atoms with E-state index < -0.39 is 11.6 Å². The number of fused-ring (bicyclic) bond motifs is 1. The van der Waals surface area contributed by atoms with Crippen LogP contribution >= 0.6 is 0 Å². The Morgan fingerprint density at radius 3 is 2.68 bits per heavy atom. The van der Waals surface area contributed by atoms with Gasteiger partial charge in [-0.3, -0.25) is 4.98 Å². The molecule has 2 N–H and O–H groups in total. The molecule has 1 aromatic carbocycles. The van der Waals surface area contributed by atoms with Crippen molar-refractivity contribution in [3.05, 3.63) is 42.2 Å². The molecule has 2 aromatic heterocycles. The number of halogens is 2. The summed E-state index contributed by atoms with van der Waals surface area (Å²) in [4.78, 5) is 8.38. The third-order valence-electron chi connectivity index (χ3n) is 3.02. The van der Waals surface area contributed by atoms with Crippen LogP contribution in [0.3, 0.4) is 0 Å². The molecule has 0 atom stereocenters. The van der Waals surface area contributed by atoms with Crippen molar-refractivity contribution in [2.45, 2.75) is 0 Å². The fraction of sp³-hybridized carbons (Fsp3) is 0.0769. The number of hydrogen-bond donors (Lipinski definition) is 1. The molecule has 4 nitrogen and oxygen atoms in total. The second kappa shape index (κ2) is 4.01. The van der Waals surface area contributed by atoms with Gasteiger partial charge >= 0.3 is 0 Å². The Labute approximate surface area is 107 Å². The van der Waals surface area contributed by atoms with Gasteiger partial charge in [0.05, 0.1) is 17.2 Å². The van der Waals surface area contributed by atoms with Crippen molar-refractivity contribution < 1.29 is 8.78 Å². The van der Waals surface area contributed by atoms with Gasteiger partial charge in [0, 0.05) is 30.6 Å². The van der Waals surface area contributed by atoms with Gasteiger partial charge in [0.25, 0.3) is 0 Å². The number of hydrogen-bond acceptors (Lipinski definition) is 3. The summed E-state index contributed by atoms with van der Waals surface area (Å²) in [7, 11) is 1.77. The first-order valence-electron chi connectivity index (χ1n) is 5.59. The zero-order valence-corrected chi connectivity index (χ0v) is 10.1. The molecule has 0 amide bonds. The number of aryl methyl sites for hydroxylation is 1. The lowest BCUT2D eigenvalue weighted by Crippen LogP contribution is -1.99. The summed E-state index contributed by atoms with van der Waals surface area (Å²) in [5.41, 5.74) is 7.75. The van der Waals surface area contributed by atoms with Gasteiger partial charge < -0.3 is 10.3 Å². The normalized spacial score (nSPS) is 11.1. The van der Waals surface area contributed by atoms with Gasteiger partial charge in [-0.15, -0.1) is 0 Å². The molecule has 2 heterocycles. The maximum absolute atomic E-state index is 13.4. The van der Waals surface area contributed by atoms with Crippen molar-refractivity contribution >= 4 is 16.7 Å². The molecule has 3 aromatic rings. The van der Waals surface area contributed by atoms with Crippen LogP contribution in [0.25, 0.3) is 22.4 Å². The monoisotopic (exact) mass is 260 g/mol. The molecule has 0 saturated carbocycles. The standard InChI is InChI=1S/C13H10F2N4/c1-19-12-6-17-3-2-11(12)18-13(19)7-4-8(14)9(15)5-10(7)16/h2-6H,16H2,1H3. The quantitative estimate of drug-likeness (QED) is 0.684. The Balaban J connectivity index is 2.30. The van der Waals surface area contributed by atoms with Gasteiger partial charge in [-0.1, -0.05) is 0 Å². The number of aromatic nitrogens is 3. The summed E-state index contributed by atoms with van der Waals surface area (Å²) in [5.74, 6) is -1.45. The van der Waals surface area contributed by atoms with Crippen molar-refractivity contribution in [3.8, 4) is 11.4 Å². The molecule has 3 rings (SSSR count). The molecule has 0 spiro atoms. The van der Waals surface area contributed by atoms with E-state index in [1.54, 1.807) is 30.1 Å². The Morgan fingerprint density at radius 1 is 1.21 bits per heavy atom. The first kappa shape index (κ1) is 11.6. The Bertz CT molecular complexity index is 780. The minimum absolute atomic E-state index is 0.144. The van der Waals surface area contributed by atoms with Crippen LogP contribution in [-0.4, -0.2) is 14.5 Å². The van der Waals surface area contributed by atoms with Crippen LogP contribution in [0.5, 0.6) is 0 Å². The van der Waals surface area contributed by atoms with E-state index in [0.717, 1.165) is 23.2 Å². The molecule has 0 aliphatic rings. The van der Waals surface area contributed by atoms with Crippen molar-refractivity contribution in [1.82, 2.24) is 14.5 Å². The van der Waals surface area contributed by atoms with E-state index in [-0.39, 0.29) is 5.69 Å². The summed E-state index contributed by atoms with van der Waals surface area (Å²) in [6, 6.07) is 3.76. The minimum atomic E-state index is -0.971. The zero-order chi connectivity index (χ0) is 13.6. The first-order chi connectivity index (χ1) is 9.08. The maximum Gasteiger partial charge on any atom is 0.160 e. The fourth-order valence-corrected chi connectivity index (χ4v) is 2.03. The van der Waals surface area contributed by atoms with E-state index in [2.05, 4.69) is 9.97 Å². The van der Waals surface area contributed by atoms with Crippen molar-refractivity contribution in [2.75, 3.05) is 5.73 Å². The number of anilines is 1. The Hall–Kier alpha value is -2.50. The lowest BCUT2D eigenvalue weighted by atomic mass is 10.1. The molecule has 6 heteroatoms. The van der Waals surface area contributed by atoms with Crippen LogP contribution in [0.15, 0.2) is 30.6 Å². The third-order valence-corrected chi connectivity index (χ3v) is 3.02. The topological polar surface area (TPSA) is 56.7 Å². The van der Waals surface area contributed by atoms with Gasteiger partial charge in [0.15, 0.2) is 11.6 Å². The summed E-state index contributed by atoms with van der Waals surface area (Å²) < 4.78 is 28.2. The second-order valence-electron chi connectivity index (χ2n) is 4.21. The SMILES string of the molecule is Cn1c(-c2cc(F)c(F)cc2N)nc2ccncc21. The number of pyridine rings is 1. The lowest BCUT2D eigenvalue weighted by Gasteiger charge is -2.06. The molecule has 0 fully saturated rings. The molecular formula is C13H10F2N4. The molecule has 0 saturated heterocycles. The van der Waals surface area contributed by atoms with Crippen molar-refractivity contribution in [1.29, 1.82) is 0 Å². The number of nitrogen functional groups attached to an aromatic ring is 1. The number of imidazole rings is 1. The third kappa shape index (κ3) is 1.72. The molecule has 0 radical (unpaired) electrons. The highest BCUT2D eigenvalue weighted by atomic mass is 19.2. The lowest BCUT2D eigenvalue weighted by molar-refractivity contribution is 0.509. The van der Waals surface area contributed by atoms with Crippen LogP contribution in [0.4, 0.5) is 14.5 Å². The summed E-state index contributed by atoms with van der Waals surface area (Å²) in [6.07, 6.45) is 3.27. The Kier molecular flexibility index (Phi) is 2.45. The largest absolute Gasteiger partial charge is 0.398 e. The van der Waals surface area contributed by atoms with Crippen molar-refractivity contribution in [2.24, 2.45) is 7.05 Å². The first-order valence-corrected chi connectivity index (χ1v) is 5.59. The molecule has 19 heavy (non-hydrogen) atoms. The summed E-state index contributed by atoms with van der Waals surface area (Å²) in [5, 5.41) is 0. The molecule has 0 aliphatic carbocycles. The number of nitrogens with two attached hydrogens (primary N) is 1. The fourth-order valence-electron chi connectivity index (χ4n) is 2.03.